The largest absolute Gasteiger partial charge is 0.385 e. The van der Waals surface area contributed by atoms with Crippen LogP contribution in [0.3, 0.4) is 0 Å². The fourth-order valence-electron chi connectivity index (χ4n) is 1.25. The van der Waals surface area contributed by atoms with Gasteiger partial charge in [0.05, 0.1) is 5.69 Å². The second-order valence-corrected chi connectivity index (χ2v) is 2.90. The van der Waals surface area contributed by atoms with Crippen LogP contribution in [0.15, 0.2) is 41.3 Å². The molecule has 70 valence electrons. The van der Waals surface area contributed by atoms with Gasteiger partial charge >= 0.3 is 0 Å². The number of hydrogen-bond acceptors (Lipinski definition) is 3. The monoisotopic (exact) mass is 187 g/mol. The fraction of sp³-hybridized carbons (Fsp3) is 0. The van der Waals surface area contributed by atoms with Crippen molar-refractivity contribution >= 4 is 5.82 Å². The van der Waals surface area contributed by atoms with E-state index in [4.69, 9.17) is 5.73 Å². The number of nitrogens with one attached hydrogen (secondary N) is 1. The van der Waals surface area contributed by atoms with Gasteiger partial charge in [-0.2, -0.15) is 0 Å². The van der Waals surface area contributed by atoms with Gasteiger partial charge in [0.25, 0.3) is 0 Å². The van der Waals surface area contributed by atoms with E-state index in [1.807, 2.05) is 18.2 Å². The number of H-pyrrole nitrogens is 1. The molecule has 2 rings (SSSR count). The van der Waals surface area contributed by atoms with Gasteiger partial charge in [0.2, 0.25) is 5.56 Å². The van der Waals surface area contributed by atoms with Crippen LogP contribution in [0.5, 0.6) is 0 Å². The van der Waals surface area contributed by atoms with Crippen molar-refractivity contribution in [3.8, 4) is 11.3 Å². The van der Waals surface area contributed by atoms with Crippen LogP contribution in [0.2, 0.25) is 0 Å². The Hall–Kier alpha value is -2.10. The van der Waals surface area contributed by atoms with E-state index < -0.39 is 0 Å². The molecule has 4 nitrogen and oxygen atoms in total. The first-order valence-electron chi connectivity index (χ1n) is 4.17. The highest BCUT2D eigenvalue weighted by molar-refractivity contribution is 5.61. The molecule has 0 saturated carbocycles. The zero-order chi connectivity index (χ0) is 9.97. The van der Waals surface area contributed by atoms with Crippen molar-refractivity contribution < 1.29 is 0 Å². The zero-order valence-corrected chi connectivity index (χ0v) is 7.40. The minimum atomic E-state index is -0.217. The molecule has 0 saturated heterocycles. The summed E-state index contributed by atoms with van der Waals surface area (Å²) < 4.78 is 0. The minimum Gasteiger partial charge on any atom is -0.385 e. The van der Waals surface area contributed by atoms with Gasteiger partial charge in [0, 0.05) is 17.8 Å². The van der Waals surface area contributed by atoms with E-state index in [1.165, 1.54) is 6.07 Å². The van der Waals surface area contributed by atoms with Gasteiger partial charge < -0.3 is 10.7 Å². The zero-order valence-electron chi connectivity index (χ0n) is 7.40. The summed E-state index contributed by atoms with van der Waals surface area (Å²) in [6, 6.07) is 8.66. The lowest BCUT2D eigenvalue weighted by Gasteiger charge is -2.00. The topological polar surface area (TPSA) is 71.8 Å². The molecular weight excluding hydrogens is 178 g/mol. The fourth-order valence-corrected chi connectivity index (χ4v) is 1.25. The SMILES string of the molecule is Nc1cc(-c2ccccn2)cc(=O)[nH]1. The van der Waals surface area contributed by atoms with Crippen molar-refractivity contribution in [3.63, 3.8) is 0 Å². The smallest absolute Gasteiger partial charge is 0.250 e. The molecule has 2 heterocycles. The first-order valence-corrected chi connectivity index (χ1v) is 4.17. The molecule has 0 aromatic carbocycles. The molecule has 3 N–H and O–H groups in total. The van der Waals surface area contributed by atoms with E-state index in [-0.39, 0.29) is 5.56 Å². The highest BCUT2D eigenvalue weighted by atomic mass is 16.1. The maximum absolute atomic E-state index is 11.1. The number of nitrogens with two attached hydrogens (primary N) is 1. The molecular formula is C10H9N3O. The van der Waals surface area contributed by atoms with Crippen molar-refractivity contribution in [2.75, 3.05) is 5.73 Å². The predicted octanol–water partition coefficient (Wildman–Crippen LogP) is 1.02. The van der Waals surface area contributed by atoms with Crippen LogP contribution in [-0.2, 0) is 0 Å². The Bertz CT molecular complexity index is 490. The Labute approximate surface area is 80.4 Å². The quantitative estimate of drug-likeness (QED) is 0.700. The average Bonchev–Trinajstić information content (AvgIpc) is 2.18. The second kappa shape index (κ2) is 3.33. The number of anilines is 1. The van der Waals surface area contributed by atoms with Crippen LogP contribution < -0.4 is 11.3 Å². The first kappa shape index (κ1) is 8.50. The summed E-state index contributed by atoms with van der Waals surface area (Å²) in [7, 11) is 0. The molecule has 2 aromatic heterocycles. The summed E-state index contributed by atoms with van der Waals surface area (Å²) in [5.74, 6) is 0.346. The standard InChI is InChI=1S/C10H9N3O/c11-9-5-7(6-10(14)13-9)8-3-1-2-4-12-8/h1-6H,(H3,11,13,14). The van der Waals surface area contributed by atoms with Gasteiger partial charge in [0.15, 0.2) is 0 Å². The van der Waals surface area contributed by atoms with Crippen LogP contribution >= 0.6 is 0 Å². The third-order valence-corrected chi connectivity index (χ3v) is 1.83. The minimum absolute atomic E-state index is 0.217. The van der Waals surface area contributed by atoms with Crippen LogP contribution in [0.1, 0.15) is 0 Å². The normalized spacial score (nSPS) is 10.0. The van der Waals surface area contributed by atoms with Crippen molar-refractivity contribution in [1.29, 1.82) is 0 Å². The molecule has 0 aliphatic heterocycles. The maximum Gasteiger partial charge on any atom is 0.250 e. The Balaban J connectivity index is 2.58. The lowest BCUT2D eigenvalue weighted by molar-refractivity contribution is 1.23. The molecule has 0 spiro atoms. The number of aromatic amines is 1. The summed E-state index contributed by atoms with van der Waals surface area (Å²) in [5.41, 5.74) is 6.77. The van der Waals surface area contributed by atoms with Gasteiger partial charge in [0.1, 0.15) is 5.82 Å². The van der Waals surface area contributed by atoms with Crippen molar-refractivity contribution in [2.45, 2.75) is 0 Å². The van der Waals surface area contributed by atoms with Crippen LogP contribution in [0, 0.1) is 0 Å². The first-order chi connectivity index (χ1) is 6.75. The molecule has 0 aliphatic rings. The third-order valence-electron chi connectivity index (χ3n) is 1.83. The Kier molecular flexibility index (Phi) is 2.02. The van der Waals surface area contributed by atoms with Crippen LogP contribution in [0.4, 0.5) is 5.82 Å². The Morgan fingerprint density at radius 3 is 2.79 bits per heavy atom. The van der Waals surface area contributed by atoms with E-state index in [1.54, 1.807) is 12.3 Å². The maximum atomic E-state index is 11.1. The molecule has 0 fully saturated rings. The predicted molar refractivity (Wildman–Crippen MR) is 54.7 cm³/mol. The molecule has 0 atom stereocenters. The highest BCUT2D eigenvalue weighted by Crippen LogP contribution is 2.14. The molecule has 2 aromatic rings. The van der Waals surface area contributed by atoms with E-state index in [0.29, 0.717) is 5.82 Å². The Morgan fingerprint density at radius 2 is 2.14 bits per heavy atom. The summed E-state index contributed by atoms with van der Waals surface area (Å²) in [6.07, 6.45) is 1.67. The molecule has 0 radical (unpaired) electrons. The molecule has 14 heavy (non-hydrogen) atoms. The summed E-state index contributed by atoms with van der Waals surface area (Å²) in [4.78, 5) is 17.7. The summed E-state index contributed by atoms with van der Waals surface area (Å²) >= 11 is 0. The molecule has 4 heteroatoms. The number of rotatable bonds is 1. The van der Waals surface area contributed by atoms with E-state index in [2.05, 4.69) is 9.97 Å². The molecule has 0 bridgehead atoms. The Morgan fingerprint density at radius 1 is 1.29 bits per heavy atom. The van der Waals surface area contributed by atoms with E-state index in [0.717, 1.165) is 11.3 Å². The second-order valence-electron chi connectivity index (χ2n) is 2.90. The third kappa shape index (κ3) is 1.64. The van der Waals surface area contributed by atoms with Crippen molar-refractivity contribution in [3.05, 3.63) is 46.9 Å². The number of hydrogen-bond donors (Lipinski definition) is 2. The average molecular weight is 187 g/mol. The van der Waals surface area contributed by atoms with Crippen LogP contribution in [-0.4, -0.2) is 9.97 Å². The van der Waals surface area contributed by atoms with E-state index in [9.17, 15) is 4.79 Å². The van der Waals surface area contributed by atoms with Gasteiger partial charge in [-0.05, 0) is 18.2 Å². The van der Waals surface area contributed by atoms with Crippen molar-refractivity contribution in [2.24, 2.45) is 0 Å². The van der Waals surface area contributed by atoms with Gasteiger partial charge in [-0.1, -0.05) is 6.07 Å². The summed E-state index contributed by atoms with van der Waals surface area (Å²) in [6.45, 7) is 0. The van der Waals surface area contributed by atoms with Gasteiger partial charge in [-0.15, -0.1) is 0 Å². The lowest BCUT2D eigenvalue weighted by Crippen LogP contribution is -2.07. The van der Waals surface area contributed by atoms with E-state index >= 15 is 0 Å². The molecule has 0 aliphatic carbocycles. The molecule has 0 unspecified atom stereocenters. The number of nitrogens with zero attached hydrogens (tertiary/aromatic N) is 1. The number of nitrogen functional groups attached to an aromatic ring is 1. The lowest BCUT2D eigenvalue weighted by atomic mass is 10.2. The molecule has 0 amide bonds. The number of aromatic nitrogens is 2. The highest BCUT2D eigenvalue weighted by Gasteiger charge is 1.99. The number of pyridine rings is 2. The van der Waals surface area contributed by atoms with Gasteiger partial charge in [-0.3, -0.25) is 9.78 Å². The van der Waals surface area contributed by atoms with Crippen LogP contribution in [0.25, 0.3) is 11.3 Å². The summed E-state index contributed by atoms with van der Waals surface area (Å²) in [5, 5.41) is 0. The van der Waals surface area contributed by atoms with Crippen molar-refractivity contribution in [1.82, 2.24) is 9.97 Å². The van der Waals surface area contributed by atoms with Gasteiger partial charge in [-0.25, -0.2) is 0 Å².